The van der Waals surface area contributed by atoms with E-state index in [9.17, 15) is 0 Å². The molecule has 1 aromatic heterocycles. The number of hydrogen-bond donors (Lipinski definition) is 1. The van der Waals surface area contributed by atoms with Crippen LogP contribution in [0.25, 0.3) is 5.69 Å². The van der Waals surface area contributed by atoms with Crippen molar-refractivity contribution in [1.82, 2.24) is 20.3 Å². The molecule has 16 heavy (non-hydrogen) atoms. The first-order chi connectivity index (χ1) is 7.83. The largest absolute Gasteiger partial charge is 0.314 e. The van der Waals surface area contributed by atoms with Gasteiger partial charge < -0.3 is 5.32 Å². The van der Waals surface area contributed by atoms with Gasteiger partial charge >= 0.3 is 0 Å². The Balaban J connectivity index is 2.21. The highest BCUT2D eigenvalue weighted by Crippen LogP contribution is 2.09. The highest BCUT2D eigenvalue weighted by atomic mass is 15.4. The van der Waals surface area contributed by atoms with Gasteiger partial charge in [-0.25, -0.2) is 4.68 Å². The highest BCUT2D eigenvalue weighted by molar-refractivity contribution is 5.33. The monoisotopic (exact) mass is 216 g/mol. The van der Waals surface area contributed by atoms with Crippen LogP contribution in [0.3, 0.4) is 0 Å². The van der Waals surface area contributed by atoms with Gasteiger partial charge in [-0.15, -0.1) is 5.10 Å². The third-order valence-electron chi connectivity index (χ3n) is 2.51. The summed E-state index contributed by atoms with van der Waals surface area (Å²) in [7, 11) is 1.90. The van der Waals surface area contributed by atoms with Crippen LogP contribution in [0.15, 0.2) is 30.5 Å². The second-order valence-electron chi connectivity index (χ2n) is 3.70. The Hall–Kier alpha value is -1.68. The van der Waals surface area contributed by atoms with E-state index in [4.69, 9.17) is 0 Å². The summed E-state index contributed by atoms with van der Waals surface area (Å²) < 4.78 is 1.80. The average molecular weight is 216 g/mol. The lowest BCUT2D eigenvalue weighted by atomic mass is 10.1. The Morgan fingerprint density at radius 3 is 2.62 bits per heavy atom. The Morgan fingerprint density at radius 1 is 1.25 bits per heavy atom. The van der Waals surface area contributed by atoms with Gasteiger partial charge in [0.25, 0.3) is 0 Å². The van der Waals surface area contributed by atoms with Gasteiger partial charge in [0.1, 0.15) is 0 Å². The van der Waals surface area contributed by atoms with Gasteiger partial charge in [-0.3, -0.25) is 0 Å². The molecule has 0 saturated heterocycles. The first kappa shape index (κ1) is 10.8. The van der Waals surface area contributed by atoms with E-state index in [1.807, 2.05) is 13.2 Å². The van der Waals surface area contributed by atoms with Crippen molar-refractivity contribution in [2.24, 2.45) is 0 Å². The van der Waals surface area contributed by atoms with Crippen LogP contribution in [0, 0.1) is 0 Å². The molecule has 4 heteroatoms. The minimum atomic E-state index is 0.743. The maximum absolute atomic E-state index is 4.09. The van der Waals surface area contributed by atoms with Crippen molar-refractivity contribution in [3.05, 3.63) is 41.7 Å². The summed E-state index contributed by atoms with van der Waals surface area (Å²) >= 11 is 0. The molecule has 0 fully saturated rings. The molecule has 0 amide bonds. The van der Waals surface area contributed by atoms with E-state index in [-0.39, 0.29) is 0 Å². The molecule has 0 radical (unpaired) electrons. The zero-order valence-electron chi connectivity index (χ0n) is 9.64. The number of hydrogen-bond acceptors (Lipinski definition) is 3. The van der Waals surface area contributed by atoms with Crippen molar-refractivity contribution in [3.8, 4) is 5.69 Å². The van der Waals surface area contributed by atoms with Crippen LogP contribution in [0.5, 0.6) is 0 Å². The SMILES string of the molecule is CCc1ccc(-n2cc(CNC)nn2)cc1. The average Bonchev–Trinajstić information content (AvgIpc) is 2.78. The van der Waals surface area contributed by atoms with E-state index in [0.29, 0.717) is 0 Å². The maximum atomic E-state index is 4.09. The molecule has 0 atom stereocenters. The Kier molecular flexibility index (Phi) is 3.31. The second-order valence-corrected chi connectivity index (χ2v) is 3.70. The molecule has 2 rings (SSSR count). The summed E-state index contributed by atoms with van der Waals surface area (Å²) in [6.45, 7) is 2.89. The van der Waals surface area contributed by atoms with E-state index < -0.39 is 0 Å². The molecule has 0 bridgehead atoms. The van der Waals surface area contributed by atoms with Crippen molar-refractivity contribution >= 4 is 0 Å². The summed E-state index contributed by atoms with van der Waals surface area (Å²) in [5.41, 5.74) is 3.33. The first-order valence-corrected chi connectivity index (χ1v) is 5.48. The van der Waals surface area contributed by atoms with E-state index in [1.54, 1.807) is 4.68 Å². The van der Waals surface area contributed by atoms with Gasteiger partial charge in [-0.2, -0.15) is 0 Å². The maximum Gasteiger partial charge on any atom is 0.0969 e. The Morgan fingerprint density at radius 2 is 2.00 bits per heavy atom. The molecule has 1 aromatic carbocycles. The van der Waals surface area contributed by atoms with Crippen molar-refractivity contribution in [2.75, 3.05) is 7.05 Å². The number of rotatable bonds is 4. The third-order valence-corrected chi connectivity index (χ3v) is 2.51. The lowest BCUT2D eigenvalue weighted by Crippen LogP contribution is -2.04. The molecule has 0 aliphatic carbocycles. The van der Waals surface area contributed by atoms with Gasteiger partial charge in [0.05, 0.1) is 17.6 Å². The third kappa shape index (κ3) is 2.28. The smallest absolute Gasteiger partial charge is 0.0969 e. The molecular formula is C12H16N4. The fourth-order valence-electron chi connectivity index (χ4n) is 1.57. The second kappa shape index (κ2) is 4.90. The molecule has 2 aromatic rings. The number of aryl methyl sites for hydroxylation is 1. The van der Waals surface area contributed by atoms with Crippen molar-refractivity contribution in [3.63, 3.8) is 0 Å². The molecule has 84 valence electrons. The van der Waals surface area contributed by atoms with Gasteiger partial charge in [0, 0.05) is 6.54 Å². The van der Waals surface area contributed by atoms with Crippen LogP contribution in [-0.4, -0.2) is 22.0 Å². The van der Waals surface area contributed by atoms with Crippen molar-refractivity contribution in [1.29, 1.82) is 0 Å². The molecule has 1 N–H and O–H groups in total. The van der Waals surface area contributed by atoms with Crippen LogP contribution < -0.4 is 5.32 Å². The molecule has 1 heterocycles. The predicted octanol–water partition coefficient (Wildman–Crippen LogP) is 1.55. The predicted molar refractivity (Wildman–Crippen MR) is 63.5 cm³/mol. The fraction of sp³-hybridized carbons (Fsp3) is 0.333. The summed E-state index contributed by atoms with van der Waals surface area (Å²) in [5.74, 6) is 0. The lowest BCUT2D eigenvalue weighted by molar-refractivity contribution is 0.767. The van der Waals surface area contributed by atoms with E-state index in [2.05, 4.69) is 46.8 Å². The van der Waals surface area contributed by atoms with Crippen LogP contribution in [-0.2, 0) is 13.0 Å². The normalized spacial score (nSPS) is 10.6. The molecule has 0 unspecified atom stereocenters. The van der Waals surface area contributed by atoms with Gasteiger partial charge in [0.2, 0.25) is 0 Å². The Labute approximate surface area is 95.3 Å². The van der Waals surface area contributed by atoms with Crippen LogP contribution in [0.4, 0.5) is 0 Å². The van der Waals surface area contributed by atoms with Crippen LogP contribution >= 0.6 is 0 Å². The number of nitrogens with zero attached hydrogens (tertiary/aromatic N) is 3. The summed E-state index contributed by atoms with van der Waals surface area (Å²) in [6, 6.07) is 8.37. The number of nitrogens with one attached hydrogen (secondary N) is 1. The fourth-order valence-corrected chi connectivity index (χ4v) is 1.57. The number of aromatic nitrogens is 3. The van der Waals surface area contributed by atoms with Crippen LogP contribution in [0.1, 0.15) is 18.2 Å². The zero-order chi connectivity index (χ0) is 11.4. The van der Waals surface area contributed by atoms with Crippen molar-refractivity contribution < 1.29 is 0 Å². The minimum absolute atomic E-state index is 0.743. The minimum Gasteiger partial charge on any atom is -0.314 e. The molecule has 0 aliphatic rings. The Bertz CT molecular complexity index is 444. The quantitative estimate of drug-likeness (QED) is 0.843. The van der Waals surface area contributed by atoms with E-state index in [0.717, 1.165) is 24.3 Å². The van der Waals surface area contributed by atoms with E-state index in [1.165, 1.54) is 5.56 Å². The van der Waals surface area contributed by atoms with Crippen molar-refractivity contribution in [2.45, 2.75) is 19.9 Å². The molecule has 0 spiro atoms. The zero-order valence-corrected chi connectivity index (χ0v) is 9.64. The van der Waals surface area contributed by atoms with Crippen LogP contribution in [0.2, 0.25) is 0 Å². The van der Waals surface area contributed by atoms with E-state index >= 15 is 0 Å². The molecule has 0 aliphatic heterocycles. The summed E-state index contributed by atoms with van der Waals surface area (Å²) in [5, 5.41) is 11.2. The van der Waals surface area contributed by atoms with Gasteiger partial charge in [-0.05, 0) is 31.2 Å². The molecular weight excluding hydrogens is 200 g/mol. The topological polar surface area (TPSA) is 42.7 Å². The molecule has 0 saturated carbocycles. The van der Waals surface area contributed by atoms with Gasteiger partial charge in [0.15, 0.2) is 0 Å². The standard InChI is InChI=1S/C12H16N4/c1-3-10-4-6-12(7-5-10)16-9-11(8-13-2)14-15-16/h4-7,9,13H,3,8H2,1-2H3. The highest BCUT2D eigenvalue weighted by Gasteiger charge is 2.01. The van der Waals surface area contributed by atoms with Gasteiger partial charge in [-0.1, -0.05) is 24.3 Å². The lowest BCUT2D eigenvalue weighted by Gasteiger charge is -2.01. The molecule has 4 nitrogen and oxygen atoms in total. The summed E-state index contributed by atoms with van der Waals surface area (Å²) in [6.07, 6.45) is 3.00. The number of benzene rings is 1. The first-order valence-electron chi connectivity index (χ1n) is 5.48. The summed E-state index contributed by atoms with van der Waals surface area (Å²) in [4.78, 5) is 0.